The number of thiocarbonyl (C=S) groups is 1. The van der Waals surface area contributed by atoms with Crippen molar-refractivity contribution in [3.05, 3.63) is 70.3 Å². The summed E-state index contributed by atoms with van der Waals surface area (Å²) in [5.41, 5.74) is 4.33. The Balaban J connectivity index is 2.46. The van der Waals surface area contributed by atoms with Crippen LogP contribution in [0.15, 0.2) is 42.5 Å². The van der Waals surface area contributed by atoms with E-state index in [9.17, 15) is 4.79 Å². The lowest BCUT2D eigenvalue weighted by Crippen LogP contribution is -2.17. The lowest BCUT2D eigenvalue weighted by atomic mass is 9.84. The van der Waals surface area contributed by atoms with Crippen molar-refractivity contribution in [2.24, 2.45) is 0 Å². The molecule has 2 aromatic carbocycles. The summed E-state index contributed by atoms with van der Waals surface area (Å²) in [6.07, 6.45) is 2.11. The van der Waals surface area contributed by atoms with Crippen molar-refractivity contribution in [3.63, 3.8) is 0 Å². The fourth-order valence-corrected chi connectivity index (χ4v) is 3.14. The first-order valence-corrected chi connectivity index (χ1v) is 9.64. The molecule has 2 aromatic rings. The van der Waals surface area contributed by atoms with Gasteiger partial charge in [-0.15, -0.1) is 0 Å². The van der Waals surface area contributed by atoms with Crippen LogP contribution in [0, 0.1) is 0 Å². The van der Waals surface area contributed by atoms with Gasteiger partial charge < -0.3 is 4.74 Å². The molecule has 0 fully saturated rings. The first-order valence-electron chi connectivity index (χ1n) is 9.23. The van der Waals surface area contributed by atoms with Crippen molar-refractivity contribution in [2.45, 2.75) is 52.9 Å². The van der Waals surface area contributed by atoms with Gasteiger partial charge in [0.15, 0.2) is 10.8 Å². The molecule has 0 aromatic heterocycles. The van der Waals surface area contributed by atoms with E-state index in [-0.39, 0.29) is 11.2 Å². The van der Waals surface area contributed by atoms with E-state index in [1.165, 1.54) is 5.56 Å². The zero-order valence-electron chi connectivity index (χ0n) is 16.4. The van der Waals surface area contributed by atoms with Crippen molar-refractivity contribution in [2.75, 3.05) is 6.61 Å². The molecule has 0 atom stereocenters. The molecule has 0 bridgehead atoms. The highest BCUT2D eigenvalue weighted by atomic mass is 32.1. The van der Waals surface area contributed by atoms with Gasteiger partial charge in [-0.05, 0) is 54.2 Å². The van der Waals surface area contributed by atoms with E-state index in [4.69, 9.17) is 17.0 Å². The van der Waals surface area contributed by atoms with E-state index in [2.05, 4.69) is 27.7 Å². The Morgan fingerprint density at radius 3 is 2.19 bits per heavy atom. The van der Waals surface area contributed by atoms with Gasteiger partial charge in [0.2, 0.25) is 0 Å². The van der Waals surface area contributed by atoms with Crippen molar-refractivity contribution in [1.29, 1.82) is 0 Å². The van der Waals surface area contributed by atoms with Crippen LogP contribution in [0.25, 0.3) is 0 Å². The third kappa shape index (κ3) is 4.79. The Hall–Kier alpha value is -2.00. The first-order chi connectivity index (χ1) is 12.3. The van der Waals surface area contributed by atoms with E-state index in [1.807, 2.05) is 49.4 Å². The summed E-state index contributed by atoms with van der Waals surface area (Å²) in [5, 5.41) is 0.379. The lowest BCUT2D eigenvalue weighted by Gasteiger charge is -2.21. The Kier molecular flexibility index (Phi) is 6.71. The van der Waals surface area contributed by atoms with Crippen molar-refractivity contribution in [1.82, 2.24) is 0 Å². The van der Waals surface area contributed by atoms with Gasteiger partial charge in [-0.3, -0.25) is 4.79 Å². The topological polar surface area (TPSA) is 26.3 Å². The number of rotatable bonds is 6. The predicted octanol–water partition coefficient (Wildman–Crippen LogP) is 5.88. The highest BCUT2D eigenvalue weighted by Gasteiger charge is 2.21. The zero-order valence-corrected chi connectivity index (χ0v) is 17.2. The van der Waals surface area contributed by atoms with Gasteiger partial charge in [0.25, 0.3) is 0 Å². The number of hydrogen-bond donors (Lipinski definition) is 0. The summed E-state index contributed by atoms with van der Waals surface area (Å²) < 4.78 is 5.55. The van der Waals surface area contributed by atoms with Crippen LogP contribution < -0.4 is 0 Å². The van der Waals surface area contributed by atoms with E-state index in [0.29, 0.717) is 28.3 Å². The second-order valence-electron chi connectivity index (χ2n) is 7.51. The Morgan fingerprint density at radius 2 is 1.65 bits per heavy atom. The molecule has 26 heavy (non-hydrogen) atoms. The van der Waals surface area contributed by atoms with Gasteiger partial charge in [0.1, 0.15) is 0 Å². The van der Waals surface area contributed by atoms with Crippen molar-refractivity contribution in [3.8, 4) is 0 Å². The number of hydrogen-bond acceptors (Lipinski definition) is 3. The summed E-state index contributed by atoms with van der Waals surface area (Å²) in [5.74, 6) is -0.0226. The van der Waals surface area contributed by atoms with Crippen LogP contribution in [0.1, 0.15) is 73.7 Å². The molecule has 2 nitrogen and oxygen atoms in total. The van der Waals surface area contributed by atoms with Gasteiger partial charge >= 0.3 is 0 Å². The molecule has 0 aliphatic heterocycles. The monoisotopic (exact) mass is 368 g/mol. The van der Waals surface area contributed by atoms with E-state index >= 15 is 0 Å². The van der Waals surface area contributed by atoms with Gasteiger partial charge in [0.05, 0.1) is 6.61 Å². The predicted molar refractivity (Wildman–Crippen MR) is 112 cm³/mol. The standard InChI is InChI=1S/C23H28O2S/c1-6-8-16-9-11-17(12-10-16)21(24)19-14-13-18(23(3,4)5)15-20(19)22(26)25-7-2/h9-15H,6-8H2,1-5H3. The van der Waals surface area contributed by atoms with Crippen LogP contribution in [-0.4, -0.2) is 17.4 Å². The molecule has 0 N–H and O–H groups in total. The molecule has 138 valence electrons. The molecular formula is C23H28O2S. The summed E-state index contributed by atoms with van der Waals surface area (Å²) in [7, 11) is 0. The number of aryl methyl sites for hydroxylation is 1. The van der Waals surface area contributed by atoms with Gasteiger partial charge in [0, 0.05) is 16.7 Å². The highest BCUT2D eigenvalue weighted by Crippen LogP contribution is 2.27. The maximum atomic E-state index is 13.1. The van der Waals surface area contributed by atoms with Gasteiger partial charge in [-0.25, -0.2) is 0 Å². The normalized spacial score (nSPS) is 11.3. The Morgan fingerprint density at radius 1 is 1.00 bits per heavy atom. The third-order valence-corrected chi connectivity index (χ3v) is 4.72. The van der Waals surface area contributed by atoms with Crippen LogP contribution in [0.3, 0.4) is 0 Å². The average molecular weight is 369 g/mol. The Bertz CT molecular complexity index is 783. The number of ether oxygens (including phenoxy) is 1. The van der Waals surface area contributed by atoms with Crippen LogP contribution in [-0.2, 0) is 16.6 Å². The molecule has 0 radical (unpaired) electrons. The maximum Gasteiger partial charge on any atom is 0.193 e. The second-order valence-corrected chi connectivity index (χ2v) is 7.88. The molecule has 0 aliphatic carbocycles. The maximum absolute atomic E-state index is 13.1. The number of ketones is 1. The largest absolute Gasteiger partial charge is 0.483 e. The fourth-order valence-electron chi connectivity index (χ4n) is 2.85. The molecule has 0 unspecified atom stereocenters. The summed E-state index contributed by atoms with van der Waals surface area (Å²) >= 11 is 5.44. The molecule has 0 aliphatic rings. The average Bonchev–Trinajstić information content (AvgIpc) is 2.61. The molecular weight excluding hydrogens is 340 g/mol. The van der Waals surface area contributed by atoms with Crippen LogP contribution >= 0.6 is 12.2 Å². The summed E-state index contributed by atoms with van der Waals surface area (Å²) in [6, 6.07) is 13.7. The van der Waals surface area contributed by atoms with Crippen molar-refractivity contribution >= 4 is 23.1 Å². The summed E-state index contributed by atoms with van der Waals surface area (Å²) in [4.78, 5) is 13.1. The summed E-state index contributed by atoms with van der Waals surface area (Å²) in [6.45, 7) is 11.0. The van der Waals surface area contributed by atoms with Gasteiger partial charge in [-0.2, -0.15) is 0 Å². The highest BCUT2D eigenvalue weighted by molar-refractivity contribution is 7.80. The van der Waals surface area contributed by atoms with Gasteiger partial charge in [-0.1, -0.05) is 64.4 Å². The second kappa shape index (κ2) is 8.59. The number of carbonyl (C=O) groups excluding carboxylic acids is 1. The molecule has 3 heteroatoms. The molecule has 0 saturated heterocycles. The van der Waals surface area contributed by atoms with E-state index in [0.717, 1.165) is 18.4 Å². The molecule has 2 rings (SSSR count). The van der Waals surface area contributed by atoms with E-state index < -0.39 is 0 Å². The van der Waals surface area contributed by atoms with Crippen molar-refractivity contribution < 1.29 is 9.53 Å². The number of benzene rings is 2. The van der Waals surface area contributed by atoms with Crippen LogP contribution in [0.5, 0.6) is 0 Å². The van der Waals surface area contributed by atoms with Crippen LogP contribution in [0.4, 0.5) is 0 Å². The Labute approximate surface area is 162 Å². The molecule has 0 spiro atoms. The lowest BCUT2D eigenvalue weighted by molar-refractivity contribution is 0.103. The molecule has 0 amide bonds. The minimum Gasteiger partial charge on any atom is -0.483 e. The quantitative estimate of drug-likeness (QED) is 0.470. The smallest absolute Gasteiger partial charge is 0.193 e. The SMILES string of the molecule is CCCc1ccc(C(=O)c2ccc(C(C)(C)C)cc2C(=S)OCC)cc1. The fraction of sp³-hybridized carbons (Fsp3) is 0.391. The molecule has 0 saturated carbocycles. The van der Waals surface area contributed by atoms with E-state index in [1.54, 1.807) is 0 Å². The van der Waals surface area contributed by atoms with Crippen LogP contribution in [0.2, 0.25) is 0 Å². The third-order valence-electron chi connectivity index (χ3n) is 4.38. The first kappa shape index (κ1) is 20.3. The molecule has 0 heterocycles. The minimum atomic E-state index is -0.0278. The number of carbonyl (C=O) groups is 1. The zero-order chi connectivity index (χ0) is 19.3. The minimum absolute atomic E-state index is 0.0226.